The number of rotatable bonds is 4. The van der Waals surface area contributed by atoms with Crippen LogP contribution in [0.25, 0.3) is 0 Å². The third-order valence-electron chi connectivity index (χ3n) is 5.93. The van der Waals surface area contributed by atoms with Gasteiger partial charge in [-0.2, -0.15) is 5.06 Å². The van der Waals surface area contributed by atoms with Crippen molar-refractivity contribution in [1.29, 1.82) is 0 Å². The van der Waals surface area contributed by atoms with Crippen molar-refractivity contribution >= 4 is 5.69 Å². The average Bonchev–Trinajstić information content (AvgIpc) is 3.31. The largest absolute Gasteiger partial charge is 0.497 e. The number of nitrogens with zero attached hydrogens (tertiary/aromatic N) is 2. The van der Waals surface area contributed by atoms with Gasteiger partial charge < -0.3 is 9.64 Å². The number of methoxy groups -OCH3 is 1. The molecular weight excluding hydrogens is 348 g/mol. The summed E-state index contributed by atoms with van der Waals surface area (Å²) in [6.45, 7) is 1.64. The molecule has 4 nitrogen and oxygen atoms in total. The molecule has 28 heavy (non-hydrogen) atoms. The first-order valence-electron chi connectivity index (χ1n) is 9.72. The normalized spacial score (nSPS) is 24.3. The molecule has 0 aromatic heterocycles. The van der Waals surface area contributed by atoms with Crippen LogP contribution in [-0.4, -0.2) is 25.4 Å². The fraction of sp³-hybridized carbons (Fsp3) is 0.250. The van der Waals surface area contributed by atoms with Gasteiger partial charge in [-0.15, -0.1) is 0 Å². The monoisotopic (exact) mass is 372 g/mol. The molecule has 2 aliphatic rings. The predicted octanol–water partition coefficient (Wildman–Crippen LogP) is 4.75. The Bertz CT molecular complexity index is 930. The van der Waals surface area contributed by atoms with E-state index in [-0.39, 0.29) is 11.6 Å². The zero-order valence-electron chi connectivity index (χ0n) is 16.0. The number of hydroxylamine groups is 2. The molecule has 2 atom stereocenters. The molecule has 2 heterocycles. The fourth-order valence-corrected chi connectivity index (χ4v) is 4.45. The SMILES string of the molecule is COc1ccc(N2CN3O[C@H](c4ccccc4)C[C@@]3(c3ccccc3)C2)cc1. The van der Waals surface area contributed by atoms with Crippen LogP contribution in [-0.2, 0) is 10.4 Å². The molecule has 0 saturated carbocycles. The standard InChI is InChI=1S/C24H24N2O2/c1-27-22-14-12-21(13-15-22)25-17-24(20-10-6-3-7-11-20)16-23(28-26(24)18-25)19-8-4-2-5-9-19/h2-15,23H,16-18H2,1H3/t23-,24-/m0/s1. The van der Waals surface area contributed by atoms with E-state index in [0.717, 1.165) is 25.4 Å². The molecule has 2 aliphatic heterocycles. The summed E-state index contributed by atoms with van der Waals surface area (Å²) in [5, 5.41) is 2.18. The molecule has 5 rings (SSSR count). The first-order chi connectivity index (χ1) is 13.8. The third kappa shape index (κ3) is 2.86. The summed E-state index contributed by atoms with van der Waals surface area (Å²) in [5.41, 5.74) is 3.58. The van der Waals surface area contributed by atoms with E-state index in [0.29, 0.717) is 0 Å². The highest BCUT2D eigenvalue weighted by Crippen LogP contribution is 2.50. The van der Waals surface area contributed by atoms with Crippen LogP contribution in [0, 0.1) is 0 Å². The molecule has 0 radical (unpaired) electrons. The Labute approximate surface area is 165 Å². The third-order valence-corrected chi connectivity index (χ3v) is 5.93. The van der Waals surface area contributed by atoms with E-state index in [4.69, 9.17) is 9.57 Å². The lowest BCUT2D eigenvalue weighted by molar-refractivity contribution is -0.172. The van der Waals surface area contributed by atoms with E-state index < -0.39 is 0 Å². The van der Waals surface area contributed by atoms with Crippen LogP contribution in [0.2, 0.25) is 0 Å². The zero-order chi connectivity index (χ0) is 19.0. The first kappa shape index (κ1) is 17.3. The van der Waals surface area contributed by atoms with E-state index >= 15 is 0 Å². The van der Waals surface area contributed by atoms with Gasteiger partial charge in [0.15, 0.2) is 0 Å². The van der Waals surface area contributed by atoms with Crippen molar-refractivity contribution in [3.63, 3.8) is 0 Å². The quantitative estimate of drug-likeness (QED) is 0.660. The molecular formula is C24H24N2O2. The van der Waals surface area contributed by atoms with E-state index in [9.17, 15) is 0 Å². The van der Waals surface area contributed by atoms with Crippen molar-refractivity contribution in [2.45, 2.75) is 18.1 Å². The zero-order valence-corrected chi connectivity index (χ0v) is 16.0. The Balaban J connectivity index is 1.48. The molecule has 2 saturated heterocycles. The van der Waals surface area contributed by atoms with Crippen LogP contribution in [0.4, 0.5) is 5.69 Å². The molecule has 2 fully saturated rings. The van der Waals surface area contributed by atoms with Gasteiger partial charge in [-0.05, 0) is 35.4 Å². The molecule has 0 amide bonds. The maximum Gasteiger partial charge on any atom is 0.119 e. The van der Waals surface area contributed by atoms with Gasteiger partial charge in [-0.3, -0.25) is 4.84 Å². The number of hydrogen-bond donors (Lipinski definition) is 0. The molecule has 142 valence electrons. The molecule has 3 aromatic carbocycles. The van der Waals surface area contributed by atoms with Gasteiger partial charge in [-0.25, -0.2) is 0 Å². The Morgan fingerprint density at radius 1 is 0.893 bits per heavy atom. The molecule has 0 unspecified atom stereocenters. The van der Waals surface area contributed by atoms with E-state index in [1.54, 1.807) is 7.11 Å². The van der Waals surface area contributed by atoms with E-state index in [1.807, 2.05) is 12.1 Å². The Morgan fingerprint density at radius 3 is 2.25 bits per heavy atom. The summed E-state index contributed by atoms with van der Waals surface area (Å²) in [4.78, 5) is 8.88. The van der Waals surface area contributed by atoms with Crippen molar-refractivity contribution in [2.75, 3.05) is 25.2 Å². The van der Waals surface area contributed by atoms with Crippen molar-refractivity contribution < 1.29 is 9.57 Å². The van der Waals surface area contributed by atoms with Crippen LogP contribution < -0.4 is 9.64 Å². The van der Waals surface area contributed by atoms with Gasteiger partial charge in [-0.1, -0.05) is 60.7 Å². The smallest absolute Gasteiger partial charge is 0.119 e. The number of ether oxygens (including phenoxy) is 1. The molecule has 0 N–H and O–H groups in total. The van der Waals surface area contributed by atoms with Crippen LogP contribution in [0.3, 0.4) is 0 Å². The predicted molar refractivity (Wildman–Crippen MR) is 110 cm³/mol. The summed E-state index contributed by atoms with van der Waals surface area (Å²) in [6, 6.07) is 29.6. The highest BCUT2D eigenvalue weighted by Gasteiger charge is 2.54. The van der Waals surface area contributed by atoms with Gasteiger partial charge in [0.25, 0.3) is 0 Å². The van der Waals surface area contributed by atoms with Gasteiger partial charge in [0.05, 0.1) is 19.3 Å². The summed E-state index contributed by atoms with van der Waals surface area (Å²) < 4.78 is 5.30. The van der Waals surface area contributed by atoms with Gasteiger partial charge in [0.1, 0.15) is 11.9 Å². The van der Waals surface area contributed by atoms with Crippen LogP contribution in [0.5, 0.6) is 5.75 Å². The second-order valence-electron chi connectivity index (χ2n) is 7.52. The summed E-state index contributed by atoms with van der Waals surface area (Å²) in [7, 11) is 1.70. The number of anilines is 1. The number of benzene rings is 3. The highest BCUT2D eigenvalue weighted by atomic mass is 16.7. The summed E-state index contributed by atoms with van der Waals surface area (Å²) in [5.74, 6) is 0.876. The Kier molecular flexibility index (Phi) is 4.30. The second-order valence-corrected chi connectivity index (χ2v) is 7.52. The minimum atomic E-state index is -0.151. The number of fused-ring (bicyclic) bond motifs is 1. The van der Waals surface area contributed by atoms with Gasteiger partial charge in [0, 0.05) is 18.7 Å². The lowest BCUT2D eigenvalue weighted by Crippen LogP contribution is -2.37. The van der Waals surface area contributed by atoms with Crippen LogP contribution >= 0.6 is 0 Å². The molecule has 0 spiro atoms. The van der Waals surface area contributed by atoms with E-state index in [2.05, 4.69) is 82.8 Å². The Morgan fingerprint density at radius 2 is 1.57 bits per heavy atom. The maximum absolute atomic E-state index is 6.49. The summed E-state index contributed by atoms with van der Waals surface area (Å²) in [6.07, 6.45) is 1.02. The van der Waals surface area contributed by atoms with Crippen molar-refractivity contribution in [2.24, 2.45) is 0 Å². The average molecular weight is 372 g/mol. The van der Waals surface area contributed by atoms with Crippen molar-refractivity contribution in [3.8, 4) is 5.75 Å². The fourth-order valence-electron chi connectivity index (χ4n) is 4.45. The molecule has 0 bridgehead atoms. The Hall–Kier alpha value is -2.82. The van der Waals surface area contributed by atoms with E-state index in [1.165, 1.54) is 16.8 Å². The maximum atomic E-state index is 6.49. The van der Waals surface area contributed by atoms with Gasteiger partial charge in [0.2, 0.25) is 0 Å². The van der Waals surface area contributed by atoms with Crippen molar-refractivity contribution in [1.82, 2.24) is 5.06 Å². The number of hydrogen-bond acceptors (Lipinski definition) is 4. The highest BCUT2D eigenvalue weighted by molar-refractivity contribution is 5.51. The van der Waals surface area contributed by atoms with Gasteiger partial charge >= 0.3 is 0 Å². The minimum absolute atomic E-state index is 0.0828. The minimum Gasteiger partial charge on any atom is -0.497 e. The summed E-state index contributed by atoms with van der Waals surface area (Å²) >= 11 is 0. The van der Waals surface area contributed by atoms with Crippen LogP contribution in [0.15, 0.2) is 84.9 Å². The second kappa shape index (κ2) is 6.97. The van der Waals surface area contributed by atoms with Crippen LogP contribution in [0.1, 0.15) is 23.7 Å². The molecule has 0 aliphatic carbocycles. The lowest BCUT2D eigenvalue weighted by atomic mass is 9.84. The lowest BCUT2D eigenvalue weighted by Gasteiger charge is -2.28. The molecule has 4 heteroatoms. The molecule has 3 aromatic rings. The topological polar surface area (TPSA) is 24.9 Å². The first-order valence-corrected chi connectivity index (χ1v) is 9.72. The van der Waals surface area contributed by atoms with Crippen molar-refractivity contribution in [3.05, 3.63) is 96.1 Å².